The number of hydrogen-bond acceptors (Lipinski definition) is 7. The zero-order chi connectivity index (χ0) is 23.5. The highest BCUT2D eigenvalue weighted by atomic mass is 32.2. The lowest BCUT2D eigenvalue weighted by atomic mass is 10.2. The van der Waals surface area contributed by atoms with Gasteiger partial charge >= 0.3 is 0 Å². The zero-order valence-electron chi connectivity index (χ0n) is 17.4. The fraction of sp³-hybridized carbons (Fsp3) is 0.200. The fourth-order valence-electron chi connectivity index (χ4n) is 3.14. The highest BCUT2D eigenvalue weighted by molar-refractivity contribution is 7.89. The van der Waals surface area contributed by atoms with E-state index in [1.54, 1.807) is 29.2 Å². The summed E-state index contributed by atoms with van der Waals surface area (Å²) in [4.78, 5) is 25.2. The van der Waals surface area contributed by atoms with Gasteiger partial charge in [0.05, 0.1) is 21.7 Å². The van der Waals surface area contributed by atoms with E-state index in [0.29, 0.717) is 18.8 Å². The van der Waals surface area contributed by atoms with E-state index >= 15 is 0 Å². The molecule has 0 aliphatic carbocycles. The average Bonchev–Trinajstić information content (AvgIpc) is 3.18. The van der Waals surface area contributed by atoms with Crippen molar-refractivity contribution in [3.05, 3.63) is 70.4 Å². The Bertz CT molecular complexity index is 1250. The highest BCUT2D eigenvalue weighted by Gasteiger charge is 2.25. The van der Waals surface area contributed by atoms with Crippen molar-refractivity contribution in [3.8, 4) is 5.69 Å². The molecule has 0 bridgehead atoms. The first kappa shape index (κ1) is 22.9. The third-order valence-electron chi connectivity index (χ3n) is 4.80. The molecule has 3 aromatic rings. The maximum Gasteiger partial charge on any atom is 0.294 e. The van der Waals surface area contributed by atoms with E-state index < -0.39 is 25.5 Å². The molecule has 0 spiro atoms. The highest BCUT2D eigenvalue weighted by Crippen LogP contribution is 2.32. The Hall–Kier alpha value is -3.77. The second kappa shape index (κ2) is 9.16. The van der Waals surface area contributed by atoms with Gasteiger partial charge in [0, 0.05) is 19.2 Å². The molecule has 2 aromatic carbocycles. The number of sulfonamides is 1. The number of carbonyl (C=O) groups is 1. The van der Waals surface area contributed by atoms with Gasteiger partial charge < -0.3 is 10.2 Å². The number of nitro groups is 1. The quantitative estimate of drug-likeness (QED) is 0.388. The molecule has 1 aromatic heterocycles. The number of primary sulfonamides is 1. The molecule has 1 heterocycles. The number of nitrogens with one attached hydrogen (secondary N) is 1. The topological polar surface area (TPSA) is 153 Å². The standard InChI is InChI=1S/C20H22N6O5S/c1-3-24(4-2)20(27)16-13-22-25(14-8-6-5-7-9-14)19(16)23-17-11-10-15(32(21,30)31)12-18(17)26(28)29/h5-13,23H,3-4H2,1-2H3,(H2,21,30,31). The van der Waals surface area contributed by atoms with E-state index in [-0.39, 0.29) is 23.0 Å². The summed E-state index contributed by atoms with van der Waals surface area (Å²) >= 11 is 0. The van der Waals surface area contributed by atoms with Gasteiger partial charge in [0.1, 0.15) is 17.1 Å². The molecule has 0 fully saturated rings. The minimum atomic E-state index is -4.14. The molecule has 0 aliphatic heterocycles. The van der Waals surface area contributed by atoms with E-state index in [1.807, 2.05) is 19.9 Å². The molecule has 0 aliphatic rings. The minimum Gasteiger partial charge on any atom is -0.339 e. The molecule has 3 N–H and O–H groups in total. The predicted octanol–water partition coefficient (Wildman–Crippen LogP) is 2.65. The summed E-state index contributed by atoms with van der Waals surface area (Å²) in [5.74, 6) is -0.0944. The average molecular weight is 459 g/mol. The van der Waals surface area contributed by atoms with Crippen molar-refractivity contribution in [1.29, 1.82) is 0 Å². The Morgan fingerprint density at radius 3 is 2.41 bits per heavy atom. The smallest absolute Gasteiger partial charge is 0.294 e. The largest absolute Gasteiger partial charge is 0.339 e. The number of amides is 1. The number of nitro benzene ring substituents is 1. The monoisotopic (exact) mass is 458 g/mol. The van der Waals surface area contributed by atoms with E-state index in [2.05, 4.69) is 10.4 Å². The summed E-state index contributed by atoms with van der Waals surface area (Å²) in [5.41, 5.74) is 0.298. The molecular weight excluding hydrogens is 436 g/mol. The Balaban J connectivity index is 2.17. The number of nitrogens with two attached hydrogens (primary N) is 1. The summed E-state index contributed by atoms with van der Waals surface area (Å²) in [6.07, 6.45) is 1.39. The first-order chi connectivity index (χ1) is 15.2. The first-order valence-electron chi connectivity index (χ1n) is 9.68. The van der Waals surface area contributed by atoms with Crippen LogP contribution in [0.1, 0.15) is 24.2 Å². The van der Waals surface area contributed by atoms with Crippen LogP contribution in [0.5, 0.6) is 0 Å². The van der Waals surface area contributed by atoms with Gasteiger partial charge in [-0.15, -0.1) is 0 Å². The molecule has 12 heteroatoms. The molecule has 3 rings (SSSR count). The third kappa shape index (κ3) is 4.60. The molecule has 0 saturated carbocycles. The van der Waals surface area contributed by atoms with Crippen LogP contribution in [0.2, 0.25) is 0 Å². The lowest BCUT2D eigenvalue weighted by Crippen LogP contribution is -2.30. The van der Waals surface area contributed by atoms with Gasteiger partial charge in [0.25, 0.3) is 11.6 Å². The molecule has 32 heavy (non-hydrogen) atoms. The number of aromatic nitrogens is 2. The van der Waals surface area contributed by atoms with E-state index in [0.717, 1.165) is 12.1 Å². The fourth-order valence-corrected chi connectivity index (χ4v) is 3.68. The van der Waals surface area contributed by atoms with Gasteiger partial charge in [-0.2, -0.15) is 5.10 Å². The van der Waals surface area contributed by atoms with Crippen molar-refractivity contribution in [2.75, 3.05) is 18.4 Å². The van der Waals surface area contributed by atoms with Crippen molar-refractivity contribution >= 4 is 33.1 Å². The van der Waals surface area contributed by atoms with Crippen LogP contribution < -0.4 is 10.5 Å². The van der Waals surface area contributed by atoms with Crippen LogP contribution >= 0.6 is 0 Å². The second-order valence-electron chi connectivity index (χ2n) is 6.74. The Morgan fingerprint density at radius 1 is 1.19 bits per heavy atom. The molecule has 0 atom stereocenters. The van der Waals surface area contributed by atoms with Crippen molar-refractivity contribution in [2.45, 2.75) is 18.7 Å². The van der Waals surface area contributed by atoms with Crippen LogP contribution in [0, 0.1) is 10.1 Å². The lowest BCUT2D eigenvalue weighted by molar-refractivity contribution is -0.384. The SMILES string of the molecule is CCN(CC)C(=O)c1cnn(-c2ccccc2)c1Nc1ccc(S(N)(=O)=O)cc1[N+](=O)[O-]. The van der Waals surface area contributed by atoms with Crippen LogP contribution in [0.4, 0.5) is 17.2 Å². The molecule has 168 valence electrons. The van der Waals surface area contributed by atoms with Gasteiger partial charge in [-0.1, -0.05) is 18.2 Å². The molecule has 1 amide bonds. The van der Waals surface area contributed by atoms with Crippen molar-refractivity contribution in [1.82, 2.24) is 14.7 Å². The van der Waals surface area contributed by atoms with Gasteiger partial charge in [-0.3, -0.25) is 14.9 Å². The molecule has 0 unspecified atom stereocenters. The molecule has 11 nitrogen and oxygen atoms in total. The Labute approximate surface area is 184 Å². The zero-order valence-corrected chi connectivity index (χ0v) is 18.2. The molecule has 0 saturated heterocycles. The summed E-state index contributed by atoms with van der Waals surface area (Å²) < 4.78 is 24.7. The van der Waals surface area contributed by atoms with Gasteiger partial charge in [-0.25, -0.2) is 18.2 Å². The Morgan fingerprint density at radius 2 is 1.84 bits per heavy atom. The number of rotatable bonds is 8. The first-order valence-corrected chi connectivity index (χ1v) is 11.2. The summed E-state index contributed by atoms with van der Waals surface area (Å²) in [5, 5.41) is 24.0. The van der Waals surface area contributed by atoms with Crippen LogP contribution in [0.15, 0.2) is 59.6 Å². The van der Waals surface area contributed by atoms with Crippen molar-refractivity contribution in [2.24, 2.45) is 5.14 Å². The van der Waals surface area contributed by atoms with Crippen molar-refractivity contribution < 1.29 is 18.1 Å². The van der Waals surface area contributed by atoms with E-state index in [4.69, 9.17) is 5.14 Å². The van der Waals surface area contributed by atoms with Crippen molar-refractivity contribution in [3.63, 3.8) is 0 Å². The number of nitrogens with zero attached hydrogens (tertiary/aromatic N) is 4. The van der Waals surface area contributed by atoms with Gasteiger partial charge in [0.2, 0.25) is 10.0 Å². The van der Waals surface area contributed by atoms with E-state index in [1.165, 1.54) is 16.9 Å². The van der Waals surface area contributed by atoms with Gasteiger partial charge in [0.15, 0.2) is 0 Å². The number of hydrogen-bond donors (Lipinski definition) is 2. The summed E-state index contributed by atoms with van der Waals surface area (Å²) in [6, 6.07) is 12.2. The van der Waals surface area contributed by atoms with Gasteiger partial charge in [-0.05, 0) is 38.1 Å². The maximum atomic E-state index is 13.1. The minimum absolute atomic E-state index is 0.0197. The number of carbonyl (C=O) groups excluding carboxylic acids is 1. The summed E-state index contributed by atoms with van der Waals surface area (Å²) in [7, 11) is -4.14. The van der Waals surface area contributed by atoms with Crippen LogP contribution in [-0.4, -0.2) is 47.0 Å². The van der Waals surface area contributed by atoms with Crippen LogP contribution in [-0.2, 0) is 10.0 Å². The molecular formula is C20H22N6O5S. The normalized spacial score (nSPS) is 11.2. The van der Waals surface area contributed by atoms with Crippen LogP contribution in [0.3, 0.4) is 0 Å². The van der Waals surface area contributed by atoms with Crippen LogP contribution in [0.25, 0.3) is 5.69 Å². The van der Waals surface area contributed by atoms with E-state index in [9.17, 15) is 23.3 Å². The maximum absolute atomic E-state index is 13.1. The predicted molar refractivity (Wildman–Crippen MR) is 119 cm³/mol. The molecule has 0 radical (unpaired) electrons. The summed E-state index contributed by atoms with van der Waals surface area (Å²) in [6.45, 7) is 4.61. The third-order valence-corrected chi connectivity index (χ3v) is 5.71. The number of anilines is 2. The number of para-hydroxylation sites is 1. The Kier molecular flexibility index (Phi) is 6.55. The lowest BCUT2D eigenvalue weighted by Gasteiger charge is -2.19. The number of benzene rings is 2. The second-order valence-corrected chi connectivity index (χ2v) is 8.30.